The summed E-state index contributed by atoms with van der Waals surface area (Å²) < 4.78 is 5.68. The van der Waals surface area contributed by atoms with E-state index < -0.39 is 0 Å². The van der Waals surface area contributed by atoms with E-state index in [0.29, 0.717) is 18.7 Å². The number of rotatable bonds is 7. The molecule has 0 saturated heterocycles. The first-order valence-electron chi connectivity index (χ1n) is 9.13. The van der Waals surface area contributed by atoms with Crippen LogP contribution in [0.5, 0.6) is 5.75 Å². The first kappa shape index (κ1) is 19.4. The van der Waals surface area contributed by atoms with E-state index in [2.05, 4.69) is 20.6 Å². The van der Waals surface area contributed by atoms with Gasteiger partial charge in [-0.1, -0.05) is 12.1 Å². The Hall–Kier alpha value is -3.35. The second-order valence-corrected chi connectivity index (χ2v) is 6.68. The Kier molecular flexibility index (Phi) is 5.93. The number of nitrogens with one attached hydrogen (secondary N) is 3. The van der Waals surface area contributed by atoms with Crippen molar-refractivity contribution in [2.45, 2.75) is 20.8 Å². The number of hydrogen-bond acceptors (Lipinski definition) is 4. The monoisotopic (exact) mass is 380 g/mol. The second kappa shape index (κ2) is 8.56. The standard InChI is InChI=1S/C21H24N4O3/c1-13-4-5-14(2)20(15(13)3)28-11-19(26)22-8-9-23-21(27)16-6-7-17-18(10-16)25-12-24-17/h4-7,10,12H,8-9,11H2,1-3H3,(H,22,26)(H,23,27)(H,24,25). The smallest absolute Gasteiger partial charge is 0.258 e. The Labute approximate surface area is 163 Å². The number of fused-ring (bicyclic) bond motifs is 1. The molecule has 0 bridgehead atoms. The molecule has 146 valence electrons. The van der Waals surface area contributed by atoms with Crippen molar-refractivity contribution in [1.82, 2.24) is 20.6 Å². The predicted molar refractivity (Wildman–Crippen MR) is 108 cm³/mol. The van der Waals surface area contributed by atoms with Gasteiger partial charge in [0.2, 0.25) is 0 Å². The van der Waals surface area contributed by atoms with Gasteiger partial charge in [0.15, 0.2) is 6.61 Å². The van der Waals surface area contributed by atoms with Gasteiger partial charge in [-0.2, -0.15) is 0 Å². The molecule has 0 aliphatic rings. The van der Waals surface area contributed by atoms with Crippen LogP contribution in [0.2, 0.25) is 0 Å². The number of benzene rings is 2. The molecule has 3 N–H and O–H groups in total. The minimum atomic E-state index is -0.228. The zero-order valence-corrected chi connectivity index (χ0v) is 16.3. The average Bonchev–Trinajstić information content (AvgIpc) is 3.16. The highest BCUT2D eigenvalue weighted by Gasteiger charge is 2.10. The molecule has 0 atom stereocenters. The molecule has 0 saturated carbocycles. The van der Waals surface area contributed by atoms with Gasteiger partial charge >= 0.3 is 0 Å². The van der Waals surface area contributed by atoms with E-state index in [1.165, 1.54) is 0 Å². The second-order valence-electron chi connectivity index (χ2n) is 6.68. The molecular weight excluding hydrogens is 356 g/mol. The van der Waals surface area contributed by atoms with Crippen molar-refractivity contribution >= 4 is 22.8 Å². The minimum Gasteiger partial charge on any atom is -0.483 e. The van der Waals surface area contributed by atoms with Crippen molar-refractivity contribution in [3.05, 3.63) is 58.9 Å². The van der Waals surface area contributed by atoms with Gasteiger partial charge in [0.1, 0.15) is 5.75 Å². The first-order chi connectivity index (χ1) is 13.5. The molecule has 2 amide bonds. The summed E-state index contributed by atoms with van der Waals surface area (Å²) in [4.78, 5) is 31.3. The molecule has 0 aliphatic heterocycles. The predicted octanol–water partition coefficient (Wildman–Crippen LogP) is 2.41. The molecule has 7 heteroatoms. The minimum absolute atomic E-state index is 0.0599. The summed E-state index contributed by atoms with van der Waals surface area (Å²) in [6.45, 7) is 6.53. The average molecular weight is 380 g/mol. The highest BCUT2D eigenvalue weighted by Crippen LogP contribution is 2.25. The number of aryl methyl sites for hydroxylation is 2. The van der Waals surface area contributed by atoms with Crippen molar-refractivity contribution in [3.63, 3.8) is 0 Å². The lowest BCUT2D eigenvalue weighted by atomic mass is 10.1. The van der Waals surface area contributed by atoms with E-state index in [1.54, 1.807) is 24.5 Å². The molecule has 0 spiro atoms. The largest absolute Gasteiger partial charge is 0.483 e. The Morgan fingerprint density at radius 3 is 2.61 bits per heavy atom. The fraction of sp³-hybridized carbons (Fsp3) is 0.286. The van der Waals surface area contributed by atoms with Crippen LogP contribution in [0.15, 0.2) is 36.7 Å². The van der Waals surface area contributed by atoms with Gasteiger partial charge in [0.25, 0.3) is 11.8 Å². The van der Waals surface area contributed by atoms with Crippen LogP contribution in [0.4, 0.5) is 0 Å². The molecule has 2 aromatic carbocycles. The lowest BCUT2D eigenvalue weighted by molar-refractivity contribution is -0.123. The molecule has 7 nitrogen and oxygen atoms in total. The van der Waals surface area contributed by atoms with Crippen LogP contribution in [-0.4, -0.2) is 41.5 Å². The summed E-state index contributed by atoms with van der Waals surface area (Å²) in [5, 5.41) is 5.53. The number of ether oxygens (including phenoxy) is 1. The third kappa shape index (κ3) is 4.49. The summed E-state index contributed by atoms with van der Waals surface area (Å²) in [7, 11) is 0. The van der Waals surface area contributed by atoms with Crippen LogP contribution < -0.4 is 15.4 Å². The van der Waals surface area contributed by atoms with Gasteiger partial charge in [0, 0.05) is 18.7 Å². The van der Waals surface area contributed by atoms with Gasteiger partial charge < -0.3 is 20.4 Å². The molecule has 0 aliphatic carbocycles. The summed E-state index contributed by atoms with van der Waals surface area (Å²) in [5.74, 6) is 0.319. The van der Waals surface area contributed by atoms with Crippen molar-refractivity contribution in [2.75, 3.05) is 19.7 Å². The maximum atomic E-state index is 12.2. The van der Waals surface area contributed by atoms with Crippen LogP contribution in [0.25, 0.3) is 11.0 Å². The highest BCUT2D eigenvalue weighted by atomic mass is 16.5. The lowest BCUT2D eigenvalue weighted by Gasteiger charge is -2.14. The quantitative estimate of drug-likeness (QED) is 0.549. The fourth-order valence-electron chi connectivity index (χ4n) is 2.89. The molecule has 1 heterocycles. The summed E-state index contributed by atoms with van der Waals surface area (Å²) >= 11 is 0. The third-order valence-corrected chi connectivity index (χ3v) is 4.64. The Bertz CT molecular complexity index is 1010. The van der Waals surface area contributed by atoms with Gasteiger partial charge in [0.05, 0.1) is 17.4 Å². The number of hydrogen-bond donors (Lipinski definition) is 3. The van der Waals surface area contributed by atoms with Crippen LogP contribution in [0, 0.1) is 20.8 Å². The van der Waals surface area contributed by atoms with E-state index in [-0.39, 0.29) is 18.4 Å². The molecule has 1 aromatic heterocycles. The van der Waals surface area contributed by atoms with Crippen LogP contribution in [0.3, 0.4) is 0 Å². The highest BCUT2D eigenvalue weighted by molar-refractivity contribution is 5.97. The van der Waals surface area contributed by atoms with Crippen molar-refractivity contribution in [3.8, 4) is 5.75 Å². The van der Waals surface area contributed by atoms with E-state index in [9.17, 15) is 9.59 Å². The van der Waals surface area contributed by atoms with E-state index in [0.717, 1.165) is 33.5 Å². The number of aromatic nitrogens is 2. The van der Waals surface area contributed by atoms with Crippen LogP contribution >= 0.6 is 0 Å². The van der Waals surface area contributed by atoms with E-state index in [1.807, 2.05) is 32.9 Å². The number of H-pyrrole nitrogens is 1. The molecule has 3 rings (SSSR count). The topological polar surface area (TPSA) is 96.1 Å². The van der Waals surface area contributed by atoms with Crippen molar-refractivity contribution < 1.29 is 14.3 Å². The maximum absolute atomic E-state index is 12.2. The number of imidazole rings is 1. The zero-order valence-electron chi connectivity index (χ0n) is 16.3. The Morgan fingerprint density at radius 2 is 1.79 bits per heavy atom. The summed E-state index contributed by atoms with van der Waals surface area (Å²) in [6.07, 6.45) is 1.59. The van der Waals surface area contributed by atoms with E-state index >= 15 is 0 Å². The SMILES string of the molecule is Cc1ccc(C)c(OCC(=O)NCCNC(=O)c2ccc3nc[nH]c3c2)c1C. The Balaban J connectivity index is 1.42. The molecule has 28 heavy (non-hydrogen) atoms. The molecule has 3 aromatic rings. The third-order valence-electron chi connectivity index (χ3n) is 4.64. The molecular formula is C21H24N4O3. The van der Waals surface area contributed by atoms with Gasteiger partial charge in [-0.05, 0) is 55.7 Å². The Morgan fingerprint density at radius 1 is 1.04 bits per heavy atom. The number of carbonyl (C=O) groups excluding carboxylic acids is 2. The molecule has 0 unspecified atom stereocenters. The van der Waals surface area contributed by atoms with Crippen molar-refractivity contribution in [2.24, 2.45) is 0 Å². The number of amides is 2. The van der Waals surface area contributed by atoms with Crippen LogP contribution in [-0.2, 0) is 4.79 Å². The first-order valence-corrected chi connectivity index (χ1v) is 9.13. The normalized spacial score (nSPS) is 10.7. The van der Waals surface area contributed by atoms with Gasteiger partial charge in [-0.3, -0.25) is 9.59 Å². The molecule has 0 radical (unpaired) electrons. The number of nitrogens with zero attached hydrogens (tertiary/aromatic N) is 1. The lowest BCUT2D eigenvalue weighted by Crippen LogP contribution is -2.36. The summed E-state index contributed by atoms with van der Waals surface area (Å²) in [5.41, 5.74) is 5.31. The number of carbonyl (C=O) groups is 2. The molecule has 0 fully saturated rings. The maximum Gasteiger partial charge on any atom is 0.258 e. The van der Waals surface area contributed by atoms with E-state index in [4.69, 9.17) is 4.74 Å². The summed E-state index contributed by atoms with van der Waals surface area (Å²) in [6, 6.07) is 9.26. The van der Waals surface area contributed by atoms with Gasteiger partial charge in [-0.25, -0.2) is 4.98 Å². The zero-order chi connectivity index (χ0) is 20.1. The fourth-order valence-corrected chi connectivity index (χ4v) is 2.89. The number of aromatic amines is 1. The van der Waals surface area contributed by atoms with Gasteiger partial charge in [-0.15, -0.1) is 0 Å². The van der Waals surface area contributed by atoms with Crippen molar-refractivity contribution in [1.29, 1.82) is 0 Å². The van der Waals surface area contributed by atoms with Crippen LogP contribution in [0.1, 0.15) is 27.0 Å².